The van der Waals surface area contributed by atoms with Gasteiger partial charge in [-0.3, -0.25) is 10.1 Å². The molecule has 0 N–H and O–H groups in total. The van der Waals surface area contributed by atoms with Crippen molar-refractivity contribution in [2.24, 2.45) is 0 Å². The van der Waals surface area contributed by atoms with Crippen LogP contribution in [0, 0.1) is 10.1 Å². The molecule has 0 saturated carbocycles. The summed E-state index contributed by atoms with van der Waals surface area (Å²) in [6.45, 7) is 0. The first-order valence-corrected chi connectivity index (χ1v) is 6.50. The van der Waals surface area contributed by atoms with E-state index in [-0.39, 0.29) is 5.69 Å². The van der Waals surface area contributed by atoms with Crippen LogP contribution >= 0.6 is 0 Å². The Morgan fingerprint density at radius 2 is 0.762 bits per heavy atom. The zero-order chi connectivity index (χ0) is 15.2. The zero-order valence-electron chi connectivity index (χ0n) is 11.6. The van der Waals surface area contributed by atoms with Gasteiger partial charge >= 0.3 is 0 Å². The summed E-state index contributed by atoms with van der Waals surface area (Å²) in [5.41, 5.74) is 0.0350. The first-order chi connectivity index (χ1) is 10.3. The van der Waals surface area contributed by atoms with E-state index in [4.69, 9.17) is 0 Å². The molecule has 3 heteroatoms. The van der Waals surface area contributed by atoms with Crippen LogP contribution in [0.25, 0.3) is 0 Å². The summed E-state index contributed by atoms with van der Waals surface area (Å²) in [5, 5.41) is 10.8. The summed E-state index contributed by atoms with van der Waals surface area (Å²) in [7, 11) is 0. The fourth-order valence-corrected chi connectivity index (χ4v) is 1.32. The number of nitrogens with zero attached hydrogens (tertiary/aromatic N) is 1. The van der Waals surface area contributed by atoms with Crippen molar-refractivity contribution >= 4 is 5.69 Å². The molecule has 0 aliphatic carbocycles. The topological polar surface area (TPSA) is 43.1 Å². The smallest absolute Gasteiger partial charge is 0.258 e. The second-order valence-electron chi connectivity index (χ2n) is 3.90. The maximum Gasteiger partial charge on any atom is 0.269 e. The quantitative estimate of drug-likeness (QED) is 0.538. The summed E-state index contributed by atoms with van der Waals surface area (Å²) < 4.78 is 0. The number of rotatable bonds is 1. The van der Waals surface area contributed by atoms with E-state index >= 15 is 0 Å². The maximum atomic E-state index is 10.8. The average Bonchev–Trinajstić information content (AvgIpc) is 2.47. The van der Waals surface area contributed by atoms with Crippen molar-refractivity contribution in [3.05, 3.63) is 113 Å². The lowest BCUT2D eigenvalue weighted by Gasteiger charge is -1.83. The molecule has 0 aliphatic heterocycles. The zero-order valence-corrected chi connectivity index (χ0v) is 11.6. The molecule has 0 atom stereocenters. The first kappa shape index (κ1) is 16.1. The second-order valence-corrected chi connectivity index (χ2v) is 3.90. The molecule has 0 bridgehead atoms. The average molecular weight is 279 g/mol. The van der Waals surface area contributed by atoms with Crippen LogP contribution in [0.2, 0.25) is 0 Å². The molecule has 0 saturated heterocycles. The Morgan fingerprint density at radius 3 is 1.00 bits per heavy atom. The van der Waals surface area contributed by atoms with E-state index in [1.54, 1.807) is 24.3 Å². The van der Waals surface area contributed by atoms with Gasteiger partial charge in [0.15, 0.2) is 0 Å². The van der Waals surface area contributed by atoms with Gasteiger partial charge in [0.1, 0.15) is 0 Å². The van der Waals surface area contributed by atoms with Crippen molar-refractivity contribution in [1.29, 1.82) is 0 Å². The van der Waals surface area contributed by atoms with Gasteiger partial charge < -0.3 is 0 Å². The lowest BCUT2D eigenvalue weighted by Crippen LogP contribution is -1.83. The normalized spacial score (nSPS) is 8.38. The van der Waals surface area contributed by atoms with Gasteiger partial charge in [-0.15, -0.1) is 0 Å². The minimum absolute atomic E-state index is 0.0350. The molecule has 1 aromatic rings. The molecule has 0 aromatic heterocycles. The Morgan fingerprint density at radius 1 is 0.524 bits per heavy atom. The Labute approximate surface area is 124 Å². The van der Waals surface area contributed by atoms with Crippen LogP contribution in [0.1, 0.15) is 0 Å². The Kier molecular flexibility index (Phi) is 8.39. The third-order valence-electron chi connectivity index (χ3n) is 2.30. The van der Waals surface area contributed by atoms with Crippen LogP contribution in [0.3, 0.4) is 0 Å². The second kappa shape index (κ2) is 10.9. The SMILES string of the molecule is O=[N+]([O-])c1ccccccccccccccccc1. The Balaban J connectivity index is 3.24. The molecule has 1 aromatic carbocycles. The van der Waals surface area contributed by atoms with Crippen LogP contribution in [0.15, 0.2) is 103 Å². The third-order valence-corrected chi connectivity index (χ3v) is 2.30. The van der Waals surface area contributed by atoms with Gasteiger partial charge in [-0.2, -0.15) is 0 Å². The van der Waals surface area contributed by atoms with Crippen molar-refractivity contribution in [2.45, 2.75) is 0 Å². The summed E-state index contributed by atoms with van der Waals surface area (Å²) in [6.07, 6.45) is 0. The van der Waals surface area contributed by atoms with E-state index in [9.17, 15) is 10.1 Å². The van der Waals surface area contributed by atoms with Crippen LogP contribution in [0.4, 0.5) is 5.69 Å². The van der Waals surface area contributed by atoms with Crippen molar-refractivity contribution < 1.29 is 4.92 Å². The standard InChI is InChI=1S/C18H17NO2/c20-19(21)18-16-14-12-10-8-6-4-2-1-3-5-7-9-11-13-15-17-18/h1-17H. The monoisotopic (exact) mass is 279 g/mol. The molecule has 0 heterocycles. The van der Waals surface area contributed by atoms with E-state index in [0.717, 1.165) is 0 Å². The van der Waals surface area contributed by atoms with Gasteiger partial charge in [-0.05, 0) is 0 Å². The van der Waals surface area contributed by atoms with E-state index < -0.39 is 4.92 Å². The van der Waals surface area contributed by atoms with Gasteiger partial charge in [-0.25, -0.2) is 0 Å². The molecule has 21 heavy (non-hydrogen) atoms. The summed E-state index contributed by atoms with van der Waals surface area (Å²) in [5.74, 6) is 0. The van der Waals surface area contributed by atoms with Crippen LogP contribution in [-0.2, 0) is 0 Å². The fourth-order valence-electron chi connectivity index (χ4n) is 1.32. The molecule has 0 unspecified atom stereocenters. The highest BCUT2D eigenvalue weighted by atomic mass is 16.6. The molecule has 3 nitrogen and oxygen atoms in total. The van der Waals surface area contributed by atoms with Crippen LogP contribution < -0.4 is 0 Å². The number of hydrogen-bond donors (Lipinski definition) is 0. The molecular formula is C18H17NO2. The van der Waals surface area contributed by atoms with Crippen LogP contribution in [0.5, 0.6) is 0 Å². The summed E-state index contributed by atoms with van der Waals surface area (Å²) in [4.78, 5) is 10.4. The van der Waals surface area contributed by atoms with Crippen molar-refractivity contribution in [3.8, 4) is 0 Å². The predicted octanol–water partition coefficient (Wildman–Crippen LogP) is 4.97. The fraction of sp³-hybridized carbons (Fsp3) is 0. The highest BCUT2D eigenvalue weighted by Crippen LogP contribution is 2.04. The molecule has 0 amide bonds. The van der Waals surface area contributed by atoms with Crippen molar-refractivity contribution in [2.75, 3.05) is 0 Å². The van der Waals surface area contributed by atoms with E-state index in [0.29, 0.717) is 0 Å². The van der Waals surface area contributed by atoms with E-state index in [1.165, 1.54) is 12.1 Å². The summed E-state index contributed by atoms with van der Waals surface area (Å²) >= 11 is 0. The van der Waals surface area contributed by atoms with Crippen molar-refractivity contribution in [1.82, 2.24) is 0 Å². The first-order valence-electron chi connectivity index (χ1n) is 6.50. The Bertz CT molecular complexity index is 580. The maximum absolute atomic E-state index is 10.8. The van der Waals surface area contributed by atoms with Gasteiger partial charge in [-0.1, -0.05) is 91.0 Å². The van der Waals surface area contributed by atoms with Gasteiger partial charge in [0.05, 0.1) is 4.92 Å². The molecular weight excluding hydrogens is 262 g/mol. The predicted molar refractivity (Wildman–Crippen MR) is 86.0 cm³/mol. The molecule has 1 rings (SSSR count). The highest BCUT2D eigenvalue weighted by Gasteiger charge is 1.97. The molecule has 0 spiro atoms. The van der Waals surface area contributed by atoms with Gasteiger partial charge in [0.2, 0.25) is 0 Å². The van der Waals surface area contributed by atoms with Crippen molar-refractivity contribution in [3.63, 3.8) is 0 Å². The van der Waals surface area contributed by atoms with E-state index in [2.05, 4.69) is 0 Å². The molecule has 106 valence electrons. The number of nitro groups is 1. The lowest BCUT2D eigenvalue weighted by atomic mass is 10.3. The van der Waals surface area contributed by atoms with Crippen LogP contribution in [-0.4, -0.2) is 4.92 Å². The Hall–Kier alpha value is -2.94. The largest absolute Gasteiger partial charge is 0.269 e. The minimum Gasteiger partial charge on any atom is -0.258 e. The molecule has 0 fully saturated rings. The lowest BCUT2D eigenvalue weighted by molar-refractivity contribution is -0.384. The number of hydrogen-bond acceptors (Lipinski definition) is 2. The minimum atomic E-state index is -0.417. The summed E-state index contributed by atoms with van der Waals surface area (Å²) in [6, 6.07) is 30.4. The van der Waals surface area contributed by atoms with Gasteiger partial charge in [0.25, 0.3) is 5.69 Å². The third kappa shape index (κ3) is 8.72. The molecule has 0 aliphatic rings. The van der Waals surface area contributed by atoms with Gasteiger partial charge in [0, 0.05) is 12.1 Å². The molecule has 0 radical (unpaired) electrons. The highest BCUT2D eigenvalue weighted by molar-refractivity contribution is 5.25. The van der Waals surface area contributed by atoms with E-state index in [1.807, 2.05) is 66.7 Å².